The van der Waals surface area contributed by atoms with Gasteiger partial charge in [-0.3, -0.25) is 0 Å². The van der Waals surface area contributed by atoms with E-state index < -0.39 is 49.1 Å². The minimum absolute atomic E-state index is 0.0464. The van der Waals surface area contributed by atoms with Crippen LogP contribution in [-0.4, -0.2) is 38.9 Å². The van der Waals surface area contributed by atoms with Crippen LogP contribution in [0.5, 0.6) is 5.75 Å². The number of rotatable bonds is 6. The molecule has 4 rings (SSSR count). The second-order valence-electron chi connectivity index (χ2n) is 7.78. The van der Waals surface area contributed by atoms with Crippen LogP contribution < -0.4 is 9.64 Å². The number of anilines is 1. The van der Waals surface area contributed by atoms with E-state index in [1.165, 1.54) is 11.3 Å². The van der Waals surface area contributed by atoms with Gasteiger partial charge in [0.15, 0.2) is 38.2 Å². The lowest BCUT2D eigenvalue weighted by Crippen LogP contribution is -2.40. The molecule has 5 nitrogen and oxygen atoms in total. The van der Waals surface area contributed by atoms with Crippen molar-refractivity contribution in [2.24, 2.45) is 0 Å². The maximum Gasteiger partial charge on any atom is 0.200 e. The average molecular weight is 519 g/mol. The van der Waals surface area contributed by atoms with Crippen LogP contribution in [0.25, 0.3) is 0 Å². The van der Waals surface area contributed by atoms with E-state index in [9.17, 15) is 30.4 Å². The Morgan fingerprint density at radius 2 is 1.53 bits per heavy atom. The van der Waals surface area contributed by atoms with Crippen molar-refractivity contribution in [3.8, 4) is 5.75 Å². The van der Waals surface area contributed by atoms with Crippen LogP contribution in [0, 0.1) is 29.1 Å². The smallest absolute Gasteiger partial charge is 0.200 e. The molecule has 0 atom stereocenters. The Balaban J connectivity index is 1.46. The Kier molecular flexibility index (Phi) is 6.81. The first-order chi connectivity index (χ1) is 16.1. The zero-order valence-electron chi connectivity index (χ0n) is 17.8. The predicted octanol–water partition coefficient (Wildman–Crippen LogP) is 4.88. The Bertz CT molecular complexity index is 1280. The second-order valence-corrected chi connectivity index (χ2v) is 10.8. The van der Waals surface area contributed by atoms with Gasteiger partial charge in [0.25, 0.3) is 0 Å². The number of nitrogens with zero attached hydrogens (tertiary/aromatic N) is 2. The zero-order chi connectivity index (χ0) is 24.6. The molecule has 0 saturated carbocycles. The first-order valence-corrected chi connectivity index (χ1v) is 12.6. The monoisotopic (exact) mass is 518 g/mol. The lowest BCUT2D eigenvalue weighted by Gasteiger charge is -2.31. The van der Waals surface area contributed by atoms with E-state index in [1.54, 1.807) is 7.11 Å². The highest BCUT2D eigenvalue weighted by molar-refractivity contribution is 7.92. The summed E-state index contributed by atoms with van der Waals surface area (Å²) in [6.07, 6.45) is 0.496. The number of thiazole rings is 1. The van der Waals surface area contributed by atoms with E-state index in [-0.39, 0.29) is 25.9 Å². The van der Waals surface area contributed by atoms with Crippen LogP contribution in [-0.2, 0) is 16.3 Å². The molecular weight excluding hydrogens is 499 g/mol. The van der Waals surface area contributed by atoms with Gasteiger partial charge < -0.3 is 9.64 Å². The quantitative estimate of drug-likeness (QED) is 0.202. The predicted molar refractivity (Wildman–Crippen MR) is 117 cm³/mol. The fourth-order valence-corrected chi connectivity index (χ4v) is 6.56. The standard InChI is InChI=1S/C22H19F5N2O3S2/c1-32-14-4-2-12(3-5-14)10-13-11-33-22(28-13)29-8-6-15(7-9-29)34(30,31)21-19(26)17(24)16(23)18(25)20(21)27/h2-5,11,15H,6-10H2,1H3. The normalized spacial score (nSPS) is 15.1. The van der Waals surface area contributed by atoms with Crippen molar-refractivity contribution in [3.05, 3.63) is 70.0 Å². The van der Waals surface area contributed by atoms with Gasteiger partial charge in [-0.05, 0) is 30.5 Å². The van der Waals surface area contributed by atoms with Crippen LogP contribution in [0.15, 0.2) is 34.5 Å². The van der Waals surface area contributed by atoms with Gasteiger partial charge in [0.1, 0.15) is 10.6 Å². The van der Waals surface area contributed by atoms with E-state index in [4.69, 9.17) is 4.74 Å². The lowest BCUT2D eigenvalue weighted by molar-refractivity contribution is 0.356. The number of methoxy groups -OCH3 is 1. The number of ether oxygens (including phenoxy) is 1. The van der Waals surface area contributed by atoms with Gasteiger partial charge in [-0.1, -0.05) is 12.1 Å². The van der Waals surface area contributed by atoms with Crippen LogP contribution in [0.1, 0.15) is 24.1 Å². The number of hydrogen-bond donors (Lipinski definition) is 0. The number of aromatic nitrogens is 1. The molecular formula is C22H19F5N2O3S2. The molecule has 0 radical (unpaired) electrons. The van der Waals surface area contributed by atoms with Gasteiger partial charge >= 0.3 is 0 Å². The first-order valence-electron chi connectivity index (χ1n) is 10.2. The number of piperidine rings is 1. The summed E-state index contributed by atoms with van der Waals surface area (Å²) < 4.78 is 99.2. The highest BCUT2D eigenvalue weighted by Crippen LogP contribution is 2.34. The molecule has 12 heteroatoms. The van der Waals surface area contributed by atoms with Crippen LogP contribution in [0.4, 0.5) is 27.1 Å². The third-order valence-corrected chi connectivity index (χ3v) is 8.92. The van der Waals surface area contributed by atoms with Crippen LogP contribution >= 0.6 is 11.3 Å². The summed E-state index contributed by atoms with van der Waals surface area (Å²) in [6.45, 7) is 0.406. The summed E-state index contributed by atoms with van der Waals surface area (Å²) >= 11 is 1.38. The van der Waals surface area contributed by atoms with Crippen molar-refractivity contribution in [1.29, 1.82) is 0 Å². The largest absolute Gasteiger partial charge is 0.497 e. The molecule has 0 N–H and O–H groups in total. The van der Waals surface area contributed by atoms with Gasteiger partial charge in [0.2, 0.25) is 5.82 Å². The topological polar surface area (TPSA) is 59.5 Å². The molecule has 34 heavy (non-hydrogen) atoms. The molecule has 2 heterocycles. The maximum atomic E-state index is 14.1. The Morgan fingerprint density at radius 1 is 0.971 bits per heavy atom. The van der Waals surface area contributed by atoms with Crippen molar-refractivity contribution in [1.82, 2.24) is 4.98 Å². The van der Waals surface area contributed by atoms with E-state index in [0.29, 0.717) is 11.6 Å². The maximum absolute atomic E-state index is 14.1. The van der Waals surface area contributed by atoms with Crippen molar-refractivity contribution < 1.29 is 35.1 Å². The Morgan fingerprint density at radius 3 is 2.09 bits per heavy atom. The summed E-state index contributed by atoms with van der Waals surface area (Å²) in [5, 5.41) is 1.27. The van der Waals surface area contributed by atoms with Gasteiger partial charge in [-0.15, -0.1) is 11.3 Å². The molecule has 1 aromatic heterocycles. The van der Waals surface area contributed by atoms with E-state index in [0.717, 1.165) is 17.0 Å². The van der Waals surface area contributed by atoms with Gasteiger partial charge in [0, 0.05) is 24.9 Å². The van der Waals surface area contributed by atoms with Gasteiger partial charge in [0.05, 0.1) is 18.1 Å². The van der Waals surface area contributed by atoms with Crippen molar-refractivity contribution in [2.45, 2.75) is 29.4 Å². The van der Waals surface area contributed by atoms with Crippen molar-refractivity contribution >= 4 is 26.3 Å². The highest BCUT2D eigenvalue weighted by atomic mass is 32.2. The second kappa shape index (κ2) is 9.49. The summed E-state index contributed by atoms with van der Waals surface area (Å²) in [7, 11) is -3.20. The minimum atomic E-state index is -4.78. The van der Waals surface area contributed by atoms with E-state index in [1.807, 2.05) is 34.5 Å². The van der Waals surface area contributed by atoms with Gasteiger partial charge in [-0.2, -0.15) is 0 Å². The Hall–Kier alpha value is -2.73. The molecule has 182 valence electrons. The molecule has 0 amide bonds. The molecule has 2 aromatic carbocycles. The Labute approximate surface area is 196 Å². The van der Waals surface area contributed by atoms with Crippen LogP contribution in [0.3, 0.4) is 0 Å². The summed E-state index contributed by atoms with van der Waals surface area (Å²) in [6, 6.07) is 7.54. The number of benzene rings is 2. The van der Waals surface area contributed by atoms with Crippen LogP contribution in [0.2, 0.25) is 0 Å². The third-order valence-electron chi connectivity index (χ3n) is 5.69. The minimum Gasteiger partial charge on any atom is -0.497 e. The van der Waals surface area contributed by atoms with E-state index >= 15 is 0 Å². The number of hydrogen-bond acceptors (Lipinski definition) is 6. The number of sulfone groups is 1. The van der Waals surface area contributed by atoms with Gasteiger partial charge in [-0.25, -0.2) is 35.4 Å². The average Bonchev–Trinajstić information content (AvgIpc) is 3.30. The van der Waals surface area contributed by atoms with Crippen molar-refractivity contribution in [3.63, 3.8) is 0 Å². The molecule has 1 aliphatic heterocycles. The van der Waals surface area contributed by atoms with E-state index in [2.05, 4.69) is 4.98 Å². The molecule has 3 aromatic rings. The molecule has 0 aliphatic carbocycles. The fraction of sp³-hybridized carbons (Fsp3) is 0.318. The third kappa shape index (κ3) is 4.48. The molecule has 1 aliphatic rings. The zero-order valence-corrected chi connectivity index (χ0v) is 19.5. The molecule has 0 unspecified atom stereocenters. The highest BCUT2D eigenvalue weighted by Gasteiger charge is 2.39. The summed E-state index contributed by atoms with van der Waals surface area (Å²) in [5.74, 6) is -10.9. The van der Waals surface area contributed by atoms with Crippen molar-refractivity contribution in [2.75, 3.05) is 25.1 Å². The lowest BCUT2D eigenvalue weighted by atomic mass is 10.1. The SMILES string of the molecule is COc1ccc(Cc2csc(N3CCC(S(=O)(=O)c4c(F)c(F)c(F)c(F)c4F)CC3)n2)cc1. The fourth-order valence-electron chi connectivity index (χ4n) is 3.83. The molecule has 0 bridgehead atoms. The molecule has 0 spiro atoms. The first kappa shape index (κ1) is 24.4. The molecule has 1 saturated heterocycles. The number of halogens is 5. The molecule has 1 fully saturated rings. The summed E-state index contributed by atoms with van der Waals surface area (Å²) in [5.41, 5.74) is 1.85. The summed E-state index contributed by atoms with van der Waals surface area (Å²) in [4.78, 5) is 4.66.